The highest BCUT2D eigenvalue weighted by atomic mass is 16.5. The van der Waals surface area contributed by atoms with Crippen molar-refractivity contribution >= 4 is 17.0 Å². The van der Waals surface area contributed by atoms with Crippen LogP contribution in [-0.2, 0) is 6.42 Å². The first-order chi connectivity index (χ1) is 14.6. The molecule has 1 saturated carbocycles. The summed E-state index contributed by atoms with van der Waals surface area (Å²) in [6.07, 6.45) is 12.3. The summed E-state index contributed by atoms with van der Waals surface area (Å²) in [6, 6.07) is 10.1. The number of methoxy groups -OCH3 is 1. The second-order valence-corrected chi connectivity index (χ2v) is 8.03. The number of benzene rings is 1. The monoisotopic (exact) mass is 407 g/mol. The number of aliphatic hydroxyl groups is 1. The van der Waals surface area contributed by atoms with Crippen LogP contribution < -0.4 is 10.1 Å². The molecule has 0 saturated heterocycles. The van der Waals surface area contributed by atoms with Gasteiger partial charge in [-0.1, -0.05) is 6.08 Å². The van der Waals surface area contributed by atoms with Crippen molar-refractivity contribution in [1.82, 2.24) is 15.3 Å². The van der Waals surface area contributed by atoms with Crippen molar-refractivity contribution < 1.29 is 14.3 Å². The average Bonchev–Trinajstić information content (AvgIpc) is 3.30. The van der Waals surface area contributed by atoms with Gasteiger partial charge >= 0.3 is 0 Å². The van der Waals surface area contributed by atoms with Gasteiger partial charge in [0, 0.05) is 18.0 Å². The lowest BCUT2D eigenvalue weighted by Gasteiger charge is -2.36. The van der Waals surface area contributed by atoms with Gasteiger partial charge < -0.3 is 19.6 Å². The third kappa shape index (κ3) is 5.07. The van der Waals surface area contributed by atoms with Crippen LogP contribution in [0, 0.1) is 0 Å². The molecule has 0 unspecified atom stereocenters. The van der Waals surface area contributed by atoms with Gasteiger partial charge in [-0.2, -0.15) is 0 Å². The minimum absolute atomic E-state index is 0.440. The lowest BCUT2D eigenvalue weighted by molar-refractivity contribution is -0.0105. The Kier molecular flexibility index (Phi) is 6.45. The molecule has 3 aromatic rings. The maximum Gasteiger partial charge on any atom is 0.126 e. The Morgan fingerprint density at radius 1 is 1.27 bits per heavy atom. The first-order valence-electron chi connectivity index (χ1n) is 10.6. The van der Waals surface area contributed by atoms with E-state index in [0.29, 0.717) is 12.5 Å². The zero-order valence-electron chi connectivity index (χ0n) is 17.4. The third-order valence-corrected chi connectivity index (χ3v) is 6.02. The van der Waals surface area contributed by atoms with E-state index in [1.54, 1.807) is 19.7 Å². The van der Waals surface area contributed by atoms with Crippen molar-refractivity contribution in [2.75, 3.05) is 13.7 Å². The summed E-state index contributed by atoms with van der Waals surface area (Å²) in [5.41, 5.74) is 1.25. The molecule has 2 N–H and O–H groups in total. The molecule has 0 radical (unpaired) electrons. The number of fused-ring (bicyclic) bond motifs is 1. The van der Waals surface area contributed by atoms with Gasteiger partial charge in [0.25, 0.3) is 0 Å². The largest absolute Gasteiger partial charge is 0.497 e. The minimum atomic E-state index is -0.627. The summed E-state index contributed by atoms with van der Waals surface area (Å²) >= 11 is 0. The summed E-state index contributed by atoms with van der Waals surface area (Å²) in [6.45, 7) is 0.804. The van der Waals surface area contributed by atoms with E-state index in [2.05, 4.69) is 21.4 Å². The van der Waals surface area contributed by atoms with Crippen LogP contribution >= 0.6 is 0 Å². The number of rotatable bonds is 8. The maximum atomic E-state index is 11.1. The van der Waals surface area contributed by atoms with Gasteiger partial charge in [-0.15, -0.1) is 0 Å². The quantitative estimate of drug-likeness (QED) is 0.584. The van der Waals surface area contributed by atoms with Crippen LogP contribution in [0.1, 0.15) is 43.6 Å². The Morgan fingerprint density at radius 3 is 2.90 bits per heavy atom. The first-order valence-corrected chi connectivity index (χ1v) is 10.6. The highest BCUT2D eigenvalue weighted by Gasteiger charge is 2.32. The number of nitrogens with one attached hydrogen (secondary N) is 1. The summed E-state index contributed by atoms with van der Waals surface area (Å²) in [5.74, 6) is 1.66. The van der Waals surface area contributed by atoms with Crippen LogP contribution in [0.2, 0.25) is 0 Å². The van der Waals surface area contributed by atoms with Crippen LogP contribution in [-0.4, -0.2) is 40.4 Å². The highest BCUT2D eigenvalue weighted by molar-refractivity contribution is 5.82. The van der Waals surface area contributed by atoms with E-state index in [1.807, 2.05) is 36.4 Å². The molecule has 0 spiro atoms. The second kappa shape index (κ2) is 9.41. The summed E-state index contributed by atoms with van der Waals surface area (Å²) in [5, 5.41) is 15.7. The lowest BCUT2D eigenvalue weighted by Crippen LogP contribution is -2.41. The van der Waals surface area contributed by atoms with Crippen LogP contribution in [0.25, 0.3) is 17.0 Å². The SMILES string of the molecule is COc1ccc2ncnc(CCC3(O)CCC(NC/C=C/c4ccco4)CC3)c2c1. The van der Waals surface area contributed by atoms with Gasteiger partial charge in [-0.25, -0.2) is 9.97 Å². The number of hydrogen-bond acceptors (Lipinski definition) is 6. The van der Waals surface area contributed by atoms with Crippen LogP contribution in [0.15, 0.2) is 53.4 Å². The number of hydrogen-bond donors (Lipinski definition) is 2. The van der Waals surface area contributed by atoms with Crippen molar-refractivity contribution in [3.63, 3.8) is 0 Å². The number of ether oxygens (including phenoxy) is 1. The van der Waals surface area contributed by atoms with E-state index in [1.165, 1.54) is 0 Å². The van der Waals surface area contributed by atoms with Crippen LogP contribution in [0.3, 0.4) is 0 Å². The first kappa shape index (κ1) is 20.6. The van der Waals surface area contributed by atoms with E-state index < -0.39 is 5.60 Å². The van der Waals surface area contributed by atoms with Gasteiger partial charge in [0.2, 0.25) is 0 Å². The minimum Gasteiger partial charge on any atom is -0.497 e. The molecule has 2 heterocycles. The van der Waals surface area contributed by atoms with Gasteiger partial charge in [-0.3, -0.25) is 0 Å². The molecule has 6 heteroatoms. The van der Waals surface area contributed by atoms with Crippen molar-refractivity contribution in [2.45, 2.75) is 50.2 Å². The Balaban J connectivity index is 1.28. The molecule has 1 aliphatic carbocycles. The van der Waals surface area contributed by atoms with Crippen molar-refractivity contribution in [3.8, 4) is 5.75 Å². The van der Waals surface area contributed by atoms with Crippen molar-refractivity contribution in [2.24, 2.45) is 0 Å². The fraction of sp³-hybridized carbons (Fsp3) is 0.417. The van der Waals surface area contributed by atoms with Crippen LogP contribution in [0.5, 0.6) is 5.75 Å². The number of aromatic nitrogens is 2. The second-order valence-electron chi connectivity index (χ2n) is 8.03. The van der Waals surface area contributed by atoms with E-state index in [9.17, 15) is 5.11 Å². The predicted molar refractivity (Wildman–Crippen MR) is 117 cm³/mol. The van der Waals surface area contributed by atoms with Gasteiger partial charge in [-0.05, 0) is 74.9 Å². The van der Waals surface area contributed by atoms with E-state index in [-0.39, 0.29) is 0 Å². The van der Waals surface area contributed by atoms with Gasteiger partial charge in [0.05, 0.1) is 30.2 Å². The van der Waals surface area contributed by atoms with E-state index >= 15 is 0 Å². The van der Waals surface area contributed by atoms with E-state index in [4.69, 9.17) is 9.15 Å². The molecule has 4 rings (SSSR count). The summed E-state index contributed by atoms with van der Waals surface area (Å²) < 4.78 is 10.6. The molecule has 0 aliphatic heterocycles. The molecule has 6 nitrogen and oxygen atoms in total. The Morgan fingerprint density at radius 2 is 2.13 bits per heavy atom. The molecule has 0 bridgehead atoms. The number of nitrogens with zero attached hydrogens (tertiary/aromatic N) is 2. The molecule has 1 aliphatic rings. The molecule has 0 amide bonds. The maximum absolute atomic E-state index is 11.1. The number of aryl methyl sites for hydroxylation is 1. The van der Waals surface area contributed by atoms with Gasteiger partial charge in [0.15, 0.2) is 0 Å². The molecule has 2 aromatic heterocycles. The fourth-order valence-electron chi connectivity index (χ4n) is 4.17. The topological polar surface area (TPSA) is 80.4 Å². The Labute approximate surface area is 177 Å². The molecule has 30 heavy (non-hydrogen) atoms. The molecule has 1 aromatic carbocycles. The molecular weight excluding hydrogens is 378 g/mol. The normalized spacial score (nSPS) is 22.0. The summed E-state index contributed by atoms with van der Waals surface area (Å²) in [7, 11) is 1.66. The highest BCUT2D eigenvalue weighted by Crippen LogP contribution is 2.33. The Bertz CT molecular complexity index is 977. The zero-order valence-corrected chi connectivity index (χ0v) is 17.4. The fourth-order valence-corrected chi connectivity index (χ4v) is 4.17. The zero-order chi connectivity index (χ0) is 20.8. The third-order valence-electron chi connectivity index (χ3n) is 6.02. The molecule has 0 atom stereocenters. The van der Waals surface area contributed by atoms with Gasteiger partial charge in [0.1, 0.15) is 17.8 Å². The van der Waals surface area contributed by atoms with E-state index in [0.717, 1.165) is 66.8 Å². The van der Waals surface area contributed by atoms with Crippen LogP contribution in [0.4, 0.5) is 0 Å². The smallest absolute Gasteiger partial charge is 0.126 e. The molecule has 158 valence electrons. The van der Waals surface area contributed by atoms with Crippen molar-refractivity contribution in [1.29, 1.82) is 0 Å². The molecule has 1 fully saturated rings. The molecular formula is C24H29N3O3. The Hall–Kier alpha value is -2.70. The number of furan rings is 1. The average molecular weight is 408 g/mol. The lowest BCUT2D eigenvalue weighted by atomic mass is 9.79. The standard InChI is InChI=1S/C24H29N3O3/c1-29-20-6-7-22-21(16-20)23(27-17-26-22)10-13-24(28)11-8-18(9-12-24)25-14-2-4-19-5-3-15-30-19/h2-7,15-18,25,28H,8-14H2,1H3/b4-2+. The predicted octanol–water partition coefficient (Wildman–Crippen LogP) is 4.14. The summed E-state index contributed by atoms with van der Waals surface area (Å²) in [4.78, 5) is 8.82. The van der Waals surface area contributed by atoms with Crippen molar-refractivity contribution in [3.05, 3.63) is 60.5 Å².